The van der Waals surface area contributed by atoms with E-state index in [0.29, 0.717) is 34.6 Å². The number of hydrogen-bond acceptors (Lipinski definition) is 4. The molecule has 1 aromatic heterocycles. The van der Waals surface area contributed by atoms with Gasteiger partial charge in [0.25, 0.3) is 0 Å². The predicted octanol–water partition coefficient (Wildman–Crippen LogP) is 6.54. The fraction of sp³-hybridized carbons (Fsp3) is 0.269. The van der Waals surface area contributed by atoms with Gasteiger partial charge in [-0.15, -0.1) is 0 Å². The molecule has 3 rings (SSSR count). The highest BCUT2D eigenvalue weighted by atomic mass is 16.5. The maximum atomic E-state index is 12.9. The van der Waals surface area contributed by atoms with Crippen LogP contribution in [0.25, 0.3) is 22.1 Å². The maximum Gasteiger partial charge on any atom is 0.200 e. The van der Waals surface area contributed by atoms with Gasteiger partial charge in [0.05, 0.1) is 18.1 Å². The summed E-state index contributed by atoms with van der Waals surface area (Å²) >= 11 is 0. The Bertz CT molecular complexity index is 1130. The van der Waals surface area contributed by atoms with Crippen molar-refractivity contribution >= 4 is 11.0 Å². The normalized spacial score (nSPS) is 11.4. The minimum atomic E-state index is -0.0777. The van der Waals surface area contributed by atoms with E-state index in [9.17, 15) is 4.79 Å². The number of ether oxygens (including phenoxy) is 2. The van der Waals surface area contributed by atoms with E-state index in [4.69, 9.17) is 13.9 Å². The topological polar surface area (TPSA) is 48.7 Å². The van der Waals surface area contributed by atoms with Crippen LogP contribution in [-0.2, 0) is 0 Å². The van der Waals surface area contributed by atoms with Crippen LogP contribution in [0.15, 0.2) is 81.2 Å². The molecule has 0 saturated heterocycles. The molecule has 0 aliphatic carbocycles. The summed E-state index contributed by atoms with van der Waals surface area (Å²) in [6.45, 7) is 6.82. The van der Waals surface area contributed by atoms with Crippen LogP contribution in [-0.4, -0.2) is 13.7 Å². The van der Waals surface area contributed by atoms with Crippen LogP contribution < -0.4 is 14.9 Å². The second-order valence-electron chi connectivity index (χ2n) is 7.55. The van der Waals surface area contributed by atoms with Crippen LogP contribution in [0.4, 0.5) is 0 Å². The molecular formula is C26H28O4. The first-order valence-corrected chi connectivity index (χ1v) is 10.1. The molecule has 0 unspecified atom stereocenters. The zero-order chi connectivity index (χ0) is 21.5. The van der Waals surface area contributed by atoms with E-state index in [0.717, 1.165) is 18.4 Å². The molecule has 0 amide bonds. The zero-order valence-electron chi connectivity index (χ0n) is 18.0. The molecule has 0 saturated carbocycles. The monoisotopic (exact) mass is 404 g/mol. The molecule has 1 heterocycles. The Morgan fingerprint density at radius 1 is 1.03 bits per heavy atom. The van der Waals surface area contributed by atoms with Gasteiger partial charge >= 0.3 is 0 Å². The minimum absolute atomic E-state index is 0.0777. The van der Waals surface area contributed by atoms with Gasteiger partial charge in [0.1, 0.15) is 30.0 Å². The van der Waals surface area contributed by atoms with Crippen molar-refractivity contribution in [1.29, 1.82) is 0 Å². The molecule has 156 valence electrons. The van der Waals surface area contributed by atoms with Gasteiger partial charge in [0.2, 0.25) is 0 Å². The van der Waals surface area contributed by atoms with Gasteiger partial charge in [-0.05, 0) is 69.5 Å². The number of benzene rings is 2. The Morgan fingerprint density at radius 2 is 1.87 bits per heavy atom. The molecule has 4 heteroatoms. The molecule has 0 fully saturated rings. The number of fused-ring (bicyclic) bond motifs is 1. The number of methoxy groups -OCH3 is 1. The van der Waals surface area contributed by atoms with Crippen LogP contribution in [0.2, 0.25) is 0 Å². The van der Waals surface area contributed by atoms with Gasteiger partial charge in [-0.2, -0.15) is 0 Å². The summed E-state index contributed by atoms with van der Waals surface area (Å²) in [6, 6.07) is 12.7. The fourth-order valence-corrected chi connectivity index (χ4v) is 3.16. The summed E-state index contributed by atoms with van der Waals surface area (Å²) < 4.78 is 16.8. The summed E-state index contributed by atoms with van der Waals surface area (Å²) in [5.74, 6) is 1.37. The minimum Gasteiger partial charge on any atom is -0.497 e. The Morgan fingerprint density at radius 3 is 2.63 bits per heavy atom. The summed E-state index contributed by atoms with van der Waals surface area (Å²) in [5, 5.41) is 0.524. The molecule has 0 N–H and O–H groups in total. The number of rotatable bonds is 8. The second kappa shape index (κ2) is 9.97. The third-order valence-electron chi connectivity index (χ3n) is 4.90. The molecule has 30 heavy (non-hydrogen) atoms. The molecule has 0 radical (unpaired) electrons. The molecule has 0 aliphatic rings. The van der Waals surface area contributed by atoms with E-state index in [-0.39, 0.29) is 5.43 Å². The smallest absolute Gasteiger partial charge is 0.200 e. The highest BCUT2D eigenvalue weighted by Crippen LogP contribution is 2.25. The van der Waals surface area contributed by atoms with Crippen molar-refractivity contribution in [3.8, 4) is 22.6 Å². The lowest BCUT2D eigenvalue weighted by molar-refractivity contribution is 0.361. The van der Waals surface area contributed by atoms with Gasteiger partial charge in [-0.3, -0.25) is 4.79 Å². The Hall–Kier alpha value is -3.27. The molecular weight excluding hydrogens is 376 g/mol. The quantitative estimate of drug-likeness (QED) is 0.400. The average molecular weight is 405 g/mol. The lowest BCUT2D eigenvalue weighted by atomic mass is 10.1. The van der Waals surface area contributed by atoms with Crippen molar-refractivity contribution in [3.63, 3.8) is 0 Å². The van der Waals surface area contributed by atoms with Crippen LogP contribution in [0.1, 0.15) is 33.6 Å². The van der Waals surface area contributed by atoms with Crippen molar-refractivity contribution in [1.82, 2.24) is 0 Å². The van der Waals surface area contributed by atoms with Gasteiger partial charge in [-0.1, -0.05) is 29.4 Å². The summed E-state index contributed by atoms with van der Waals surface area (Å²) in [5.41, 5.74) is 4.33. The Balaban J connectivity index is 1.74. The van der Waals surface area contributed by atoms with Crippen LogP contribution >= 0.6 is 0 Å². The van der Waals surface area contributed by atoms with Gasteiger partial charge in [-0.25, -0.2) is 0 Å². The molecule has 3 aromatic rings. The first-order chi connectivity index (χ1) is 14.5. The molecule has 4 nitrogen and oxygen atoms in total. The largest absolute Gasteiger partial charge is 0.497 e. The third-order valence-corrected chi connectivity index (χ3v) is 4.90. The summed E-state index contributed by atoms with van der Waals surface area (Å²) in [7, 11) is 1.60. The van der Waals surface area contributed by atoms with E-state index in [1.807, 2.05) is 24.3 Å². The standard InChI is InChI=1S/C26H28O4/c1-18(2)7-5-8-19(3)13-14-29-22-11-12-23-25(16-22)30-17-24(26(23)27)20-9-6-10-21(15-20)28-4/h6-7,9-13,15-17H,5,8,14H2,1-4H3. The highest BCUT2D eigenvalue weighted by Gasteiger charge is 2.10. The molecule has 0 bridgehead atoms. The Labute approximate surface area is 177 Å². The van der Waals surface area contributed by atoms with E-state index < -0.39 is 0 Å². The highest BCUT2D eigenvalue weighted by molar-refractivity contribution is 5.82. The van der Waals surface area contributed by atoms with Gasteiger partial charge in [0, 0.05) is 6.07 Å². The van der Waals surface area contributed by atoms with Crippen LogP contribution in [0, 0.1) is 0 Å². The maximum absolute atomic E-state index is 12.9. The van der Waals surface area contributed by atoms with E-state index >= 15 is 0 Å². The van der Waals surface area contributed by atoms with E-state index in [1.165, 1.54) is 17.4 Å². The van der Waals surface area contributed by atoms with Crippen LogP contribution in [0.3, 0.4) is 0 Å². The van der Waals surface area contributed by atoms with Crippen molar-refractivity contribution in [2.75, 3.05) is 13.7 Å². The van der Waals surface area contributed by atoms with Crippen molar-refractivity contribution in [2.45, 2.75) is 33.6 Å². The van der Waals surface area contributed by atoms with E-state index in [2.05, 4.69) is 32.9 Å². The van der Waals surface area contributed by atoms with Crippen molar-refractivity contribution in [2.24, 2.45) is 0 Å². The SMILES string of the molecule is COc1cccc(-c2coc3cc(OCC=C(C)CCC=C(C)C)ccc3c2=O)c1. The van der Waals surface area contributed by atoms with E-state index in [1.54, 1.807) is 25.3 Å². The second-order valence-corrected chi connectivity index (χ2v) is 7.55. The van der Waals surface area contributed by atoms with Gasteiger partial charge in [0.15, 0.2) is 5.43 Å². The lowest BCUT2D eigenvalue weighted by Gasteiger charge is -2.07. The van der Waals surface area contributed by atoms with Crippen molar-refractivity contribution in [3.05, 3.63) is 82.2 Å². The van der Waals surface area contributed by atoms with Crippen LogP contribution in [0.5, 0.6) is 11.5 Å². The summed E-state index contributed by atoms with van der Waals surface area (Å²) in [4.78, 5) is 12.9. The Kier molecular flexibility index (Phi) is 7.12. The van der Waals surface area contributed by atoms with Gasteiger partial charge < -0.3 is 13.9 Å². The molecule has 0 spiro atoms. The molecule has 0 aliphatic heterocycles. The zero-order valence-corrected chi connectivity index (χ0v) is 18.0. The molecule has 2 aromatic carbocycles. The molecule has 0 atom stereocenters. The number of allylic oxidation sites excluding steroid dienone is 3. The van der Waals surface area contributed by atoms with Crippen molar-refractivity contribution < 1.29 is 13.9 Å². The lowest BCUT2D eigenvalue weighted by Crippen LogP contribution is -2.05. The predicted molar refractivity (Wildman–Crippen MR) is 122 cm³/mol. The first-order valence-electron chi connectivity index (χ1n) is 10.1. The average Bonchev–Trinajstić information content (AvgIpc) is 2.74. The fourth-order valence-electron chi connectivity index (χ4n) is 3.16. The summed E-state index contributed by atoms with van der Waals surface area (Å²) in [6.07, 6.45) is 7.89. The first kappa shape index (κ1) is 21.4. The number of hydrogen-bond donors (Lipinski definition) is 0. The third kappa shape index (κ3) is 5.41.